The molecule has 6 heteroatoms. The Bertz CT molecular complexity index is 604. The van der Waals surface area contributed by atoms with Gasteiger partial charge in [-0.2, -0.15) is 0 Å². The zero-order chi connectivity index (χ0) is 15.7. The van der Waals surface area contributed by atoms with Gasteiger partial charge in [0.25, 0.3) is 5.91 Å². The van der Waals surface area contributed by atoms with Crippen LogP contribution in [0.1, 0.15) is 29.6 Å². The first kappa shape index (κ1) is 15.3. The van der Waals surface area contributed by atoms with E-state index in [-0.39, 0.29) is 22.4 Å². The van der Waals surface area contributed by atoms with Crippen LogP contribution in [0.3, 0.4) is 0 Å². The average Bonchev–Trinajstić information content (AvgIpc) is 3.29. The molecule has 2 amide bonds. The molecule has 1 heterocycles. The summed E-state index contributed by atoms with van der Waals surface area (Å²) in [5.74, 6) is 0.0272. The van der Waals surface area contributed by atoms with E-state index < -0.39 is 5.82 Å². The van der Waals surface area contributed by atoms with Crippen LogP contribution in [0.4, 0.5) is 4.39 Å². The Morgan fingerprint density at radius 1 is 1.27 bits per heavy atom. The maximum atomic E-state index is 13.1. The first-order chi connectivity index (χ1) is 10.5. The van der Waals surface area contributed by atoms with Crippen molar-refractivity contribution in [2.24, 2.45) is 5.92 Å². The molecule has 1 saturated heterocycles. The Morgan fingerprint density at radius 2 is 2.05 bits per heavy atom. The zero-order valence-corrected chi connectivity index (χ0v) is 13.0. The van der Waals surface area contributed by atoms with E-state index in [1.165, 1.54) is 25.0 Å². The summed E-state index contributed by atoms with van der Waals surface area (Å²) >= 11 is 5.95. The quantitative estimate of drug-likeness (QED) is 0.857. The van der Waals surface area contributed by atoms with Gasteiger partial charge in [-0.1, -0.05) is 11.6 Å². The third-order valence-electron chi connectivity index (χ3n) is 4.21. The Labute approximate surface area is 133 Å². The maximum absolute atomic E-state index is 13.1. The van der Waals surface area contributed by atoms with Crippen LogP contribution in [-0.2, 0) is 4.79 Å². The van der Waals surface area contributed by atoms with Crippen LogP contribution in [0.25, 0.3) is 0 Å². The zero-order valence-electron chi connectivity index (χ0n) is 12.2. The van der Waals surface area contributed by atoms with Gasteiger partial charge in [-0.05, 0) is 37.0 Å². The van der Waals surface area contributed by atoms with Gasteiger partial charge in [0.05, 0.1) is 10.6 Å². The van der Waals surface area contributed by atoms with Gasteiger partial charge >= 0.3 is 0 Å². The topological polar surface area (TPSA) is 40.6 Å². The first-order valence-corrected chi connectivity index (χ1v) is 7.94. The fourth-order valence-electron chi connectivity index (χ4n) is 2.71. The van der Waals surface area contributed by atoms with Crippen molar-refractivity contribution in [2.45, 2.75) is 19.3 Å². The first-order valence-electron chi connectivity index (χ1n) is 7.56. The van der Waals surface area contributed by atoms with Crippen molar-refractivity contribution in [3.05, 3.63) is 34.6 Å². The smallest absolute Gasteiger partial charge is 0.255 e. The number of benzene rings is 1. The summed E-state index contributed by atoms with van der Waals surface area (Å²) < 4.78 is 13.1. The molecule has 1 aliphatic heterocycles. The van der Waals surface area contributed by atoms with Gasteiger partial charge in [0.15, 0.2) is 0 Å². The van der Waals surface area contributed by atoms with Crippen LogP contribution in [0.5, 0.6) is 0 Å². The summed E-state index contributed by atoms with van der Waals surface area (Å²) in [4.78, 5) is 28.1. The molecule has 22 heavy (non-hydrogen) atoms. The molecule has 0 unspecified atom stereocenters. The van der Waals surface area contributed by atoms with E-state index in [1.807, 2.05) is 4.90 Å². The molecule has 1 aromatic carbocycles. The lowest BCUT2D eigenvalue weighted by Crippen LogP contribution is -2.36. The Morgan fingerprint density at radius 3 is 2.73 bits per heavy atom. The number of carbonyl (C=O) groups is 2. The lowest BCUT2D eigenvalue weighted by atomic mass is 10.2. The number of hydrogen-bond acceptors (Lipinski definition) is 2. The average molecular weight is 325 g/mol. The highest BCUT2D eigenvalue weighted by Crippen LogP contribution is 2.30. The van der Waals surface area contributed by atoms with Crippen molar-refractivity contribution in [1.29, 1.82) is 0 Å². The molecule has 1 aromatic rings. The highest BCUT2D eigenvalue weighted by molar-refractivity contribution is 6.33. The molecule has 0 bridgehead atoms. The molecule has 0 spiro atoms. The fraction of sp³-hybridized carbons (Fsp3) is 0.500. The lowest BCUT2D eigenvalue weighted by molar-refractivity contribution is -0.130. The molecule has 0 radical (unpaired) electrons. The third kappa shape index (κ3) is 3.40. The molecule has 1 aliphatic carbocycles. The molecule has 2 aliphatic rings. The summed E-state index contributed by atoms with van der Waals surface area (Å²) in [6.07, 6.45) is 2.71. The van der Waals surface area contributed by atoms with Gasteiger partial charge in [0.1, 0.15) is 5.82 Å². The van der Waals surface area contributed by atoms with E-state index in [1.54, 1.807) is 4.90 Å². The minimum atomic E-state index is -0.469. The van der Waals surface area contributed by atoms with Crippen molar-refractivity contribution in [2.75, 3.05) is 26.2 Å². The van der Waals surface area contributed by atoms with Crippen LogP contribution < -0.4 is 0 Å². The molecular weight excluding hydrogens is 307 g/mol. The predicted octanol–water partition coefficient (Wildman–Crippen LogP) is 2.56. The molecule has 1 saturated carbocycles. The number of nitrogens with zero attached hydrogens (tertiary/aromatic N) is 2. The molecule has 0 N–H and O–H groups in total. The molecular formula is C16H18ClFN2O2. The lowest BCUT2D eigenvalue weighted by Gasteiger charge is -2.22. The van der Waals surface area contributed by atoms with Gasteiger partial charge in [-0.3, -0.25) is 9.59 Å². The third-order valence-corrected chi connectivity index (χ3v) is 4.53. The second-order valence-corrected chi connectivity index (χ2v) is 6.36. The van der Waals surface area contributed by atoms with Crippen molar-refractivity contribution in [3.63, 3.8) is 0 Å². The number of rotatable bonds is 3. The molecule has 3 rings (SSSR count). The van der Waals surface area contributed by atoms with E-state index in [0.717, 1.165) is 12.6 Å². The minimum Gasteiger partial charge on any atom is -0.341 e. The van der Waals surface area contributed by atoms with Crippen LogP contribution >= 0.6 is 11.6 Å². The number of amides is 2. The number of carbonyl (C=O) groups excluding carboxylic acids is 2. The van der Waals surface area contributed by atoms with E-state index >= 15 is 0 Å². The van der Waals surface area contributed by atoms with Gasteiger partial charge in [0.2, 0.25) is 5.91 Å². The SMILES string of the molecule is O=C1CCN(C(=O)c2ccc(F)cc2Cl)CCN1CC1CC1. The number of hydrogen-bond donors (Lipinski definition) is 0. The van der Waals surface area contributed by atoms with Gasteiger partial charge in [-0.25, -0.2) is 4.39 Å². The van der Waals surface area contributed by atoms with Crippen LogP contribution in [0, 0.1) is 11.7 Å². The van der Waals surface area contributed by atoms with Gasteiger partial charge in [0, 0.05) is 32.6 Å². The summed E-state index contributed by atoms with van der Waals surface area (Å²) in [6.45, 7) is 2.23. The summed E-state index contributed by atoms with van der Waals surface area (Å²) in [6, 6.07) is 3.76. The predicted molar refractivity (Wildman–Crippen MR) is 81.2 cm³/mol. The van der Waals surface area contributed by atoms with Crippen molar-refractivity contribution >= 4 is 23.4 Å². The summed E-state index contributed by atoms with van der Waals surface area (Å²) in [7, 11) is 0. The van der Waals surface area contributed by atoms with Gasteiger partial charge < -0.3 is 9.80 Å². The molecule has 4 nitrogen and oxygen atoms in total. The van der Waals surface area contributed by atoms with E-state index in [0.29, 0.717) is 32.0 Å². The molecule has 118 valence electrons. The summed E-state index contributed by atoms with van der Waals surface area (Å²) in [5.41, 5.74) is 0.283. The normalized spacial score (nSPS) is 19.3. The number of halogens is 2. The van der Waals surface area contributed by atoms with Crippen molar-refractivity contribution in [1.82, 2.24) is 9.80 Å². The van der Waals surface area contributed by atoms with Crippen molar-refractivity contribution < 1.29 is 14.0 Å². The second kappa shape index (κ2) is 6.24. The van der Waals surface area contributed by atoms with E-state index in [2.05, 4.69) is 0 Å². The Hall–Kier alpha value is -1.62. The van der Waals surface area contributed by atoms with Gasteiger partial charge in [-0.15, -0.1) is 0 Å². The van der Waals surface area contributed by atoms with Crippen molar-refractivity contribution in [3.8, 4) is 0 Å². The summed E-state index contributed by atoms with van der Waals surface area (Å²) in [5, 5.41) is 0.107. The molecule has 0 aromatic heterocycles. The highest BCUT2D eigenvalue weighted by Gasteiger charge is 2.30. The minimum absolute atomic E-state index is 0.104. The van der Waals surface area contributed by atoms with E-state index in [4.69, 9.17) is 11.6 Å². The maximum Gasteiger partial charge on any atom is 0.255 e. The second-order valence-electron chi connectivity index (χ2n) is 5.95. The Balaban J connectivity index is 1.69. The van der Waals surface area contributed by atoms with Crippen LogP contribution in [0.2, 0.25) is 5.02 Å². The molecule has 2 fully saturated rings. The van der Waals surface area contributed by atoms with E-state index in [9.17, 15) is 14.0 Å². The fourth-order valence-corrected chi connectivity index (χ4v) is 2.96. The molecule has 0 atom stereocenters. The largest absolute Gasteiger partial charge is 0.341 e. The monoisotopic (exact) mass is 324 g/mol. The highest BCUT2D eigenvalue weighted by atomic mass is 35.5. The van der Waals surface area contributed by atoms with Crippen LogP contribution in [-0.4, -0.2) is 47.8 Å². The van der Waals surface area contributed by atoms with Crippen LogP contribution in [0.15, 0.2) is 18.2 Å². The Kier molecular flexibility index (Phi) is 4.34. The standard InChI is InChI=1S/C16H18ClFN2O2/c17-14-9-12(18)3-4-13(14)16(22)19-6-5-15(21)20(8-7-19)10-11-1-2-11/h3-4,9,11H,1-2,5-8,10H2.